The number of rotatable bonds is 4. The first-order valence-electron chi connectivity index (χ1n) is 6.87. The fraction of sp³-hybridized carbons (Fsp3) is 0.118. The highest BCUT2D eigenvalue weighted by molar-refractivity contribution is 5.78. The Labute approximate surface area is 123 Å². The number of imidazole rings is 1. The minimum atomic E-state index is -0.509. The average Bonchev–Trinajstić information content (AvgIpc) is 3.01. The van der Waals surface area contributed by atoms with E-state index >= 15 is 0 Å². The van der Waals surface area contributed by atoms with Crippen molar-refractivity contribution in [3.63, 3.8) is 0 Å². The zero-order valence-electron chi connectivity index (χ0n) is 11.5. The lowest BCUT2D eigenvalue weighted by atomic mass is 10.1. The van der Waals surface area contributed by atoms with E-state index in [9.17, 15) is 5.11 Å². The number of H-pyrrole nitrogens is 1. The van der Waals surface area contributed by atoms with Gasteiger partial charge in [-0.2, -0.15) is 0 Å². The number of nitrogens with zero attached hydrogens (tertiary/aromatic N) is 1. The normalized spacial score (nSPS) is 12.3. The third-order valence-electron chi connectivity index (χ3n) is 3.38. The highest BCUT2D eigenvalue weighted by Gasteiger charge is 2.17. The number of aliphatic hydroxyl groups is 1. The second kappa shape index (κ2) is 5.91. The molecule has 2 aromatic carbocycles. The van der Waals surface area contributed by atoms with Gasteiger partial charge in [-0.1, -0.05) is 60.7 Å². The summed E-state index contributed by atoms with van der Waals surface area (Å²) in [5.41, 5.74) is 9.71. The Morgan fingerprint density at radius 3 is 2.10 bits per heavy atom. The van der Waals surface area contributed by atoms with Crippen molar-refractivity contribution < 1.29 is 5.11 Å². The maximum Gasteiger partial charge on any atom is 0.126 e. The molecule has 0 saturated heterocycles. The second-order valence-electron chi connectivity index (χ2n) is 4.87. The summed E-state index contributed by atoms with van der Waals surface area (Å²) >= 11 is 0. The van der Waals surface area contributed by atoms with Crippen molar-refractivity contribution in [2.45, 2.75) is 6.04 Å². The van der Waals surface area contributed by atoms with Gasteiger partial charge >= 0.3 is 0 Å². The number of hydrogen-bond acceptors (Lipinski definition) is 3. The molecule has 1 unspecified atom stereocenters. The summed E-state index contributed by atoms with van der Waals surface area (Å²) in [4.78, 5) is 7.84. The van der Waals surface area contributed by atoms with Crippen LogP contribution in [0.15, 0.2) is 60.7 Å². The number of aliphatic hydroxyl groups excluding tert-OH is 1. The van der Waals surface area contributed by atoms with Crippen molar-refractivity contribution in [1.29, 1.82) is 0 Å². The Morgan fingerprint density at radius 2 is 1.52 bits per heavy atom. The van der Waals surface area contributed by atoms with E-state index in [1.54, 1.807) is 0 Å². The molecule has 1 atom stereocenters. The summed E-state index contributed by atoms with van der Waals surface area (Å²) in [7, 11) is 0. The van der Waals surface area contributed by atoms with Crippen LogP contribution in [-0.4, -0.2) is 21.7 Å². The third kappa shape index (κ3) is 2.72. The predicted octanol–water partition coefficient (Wildman–Crippen LogP) is 2.74. The van der Waals surface area contributed by atoms with Crippen LogP contribution in [-0.2, 0) is 0 Å². The molecule has 1 heterocycles. The summed E-state index contributed by atoms with van der Waals surface area (Å²) < 4.78 is 0. The van der Waals surface area contributed by atoms with Gasteiger partial charge in [-0.05, 0) is 0 Å². The lowest BCUT2D eigenvalue weighted by Gasteiger charge is -2.03. The fourth-order valence-corrected chi connectivity index (χ4v) is 2.27. The van der Waals surface area contributed by atoms with Crippen LogP contribution in [0.4, 0.5) is 0 Å². The van der Waals surface area contributed by atoms with Crippen molar-refractivity contribution in [3.8, 4) is 22.5 Å². The van der Waals surface area contributed by atoms with Gasteiger partial charge in [0.25, 0.3) is 0 Å². The van der Waals surface area contributed by atoms with E-state index in [2.05, 4.69) is 9.97 Å². The highest BCUT2D eigenvalue weighted by atomic mass is 16.3. The number of hydrogen-bond donors (Lipinski definition) is 3. The zero-order chi connectivity index (χ0) is 14.7. The van der Waals surface area contributed by atoms with E-state index in [1.165, 1.54) is 0 Å². The molecule has 0 aliphatic rings. The molecule has 0 aliphatic carbocycles. The van der Waals surface area contributed by atoms with Gasteiger partial charge in [0.15, 0.2) is 0 Å². The molecule has 3 rings (SSSR count). The predicted molar refractivity (Wildman–Crippen MR) is 83.5 cm³/mol. The maximum atomic E-state index is 9.24. The van der Waals surface area contributed by atoms with Gasteiger partial charge in [0.05, 0.1) is 24.0 Å². The third-order valence-corrected chi connectivity index (χ3v) is 3.38. The standard InChI is InChI=1S/C17H17N3O/c18-14(11-21)17-19-15(12-7-3-1-4-8-12)16(20-17)13-9-5-2-6-10-13/h1-10,14,21H,11,18H2,(H,19,20). The molecule has 0 bridgehead atoms. The van der Waals surface area contributed by atoms with Crippen LogP contribution in [0.3, 0.4) is 0 Å². The van der Waals surface area contributed by atoms with Crippen LogP contribution in [0.25, 0.3) is 22.5 Å². The van der Waals surface area contributed by atoms with Crippen LogP contribution in [0.5, 0.6) is 0 Å². The molecule has 3 aromatic rings. The molecule has 4 nitrogen and oxygen atoms in total. The Kier molecular flexibility index (Phi) is 3.81. The molecule has 4 heteroatoms. The number of aromatic amines is 1. The largest absolute Gasteiger partial charge is 0.394 e. The fourth-order valence-electron chi connectivity index (χ4n) is 2.27. The smallest absolute Gasteiger partial charge is 0.126 e. The molecule has 1 aromatic heterocycles. The Balaban J connectivity index is 2.15. The minimum Gasteiger partial charge on any atom is -0.394 e. The maximum absolute atomic E-state index is 9.24. The van der Waals surface area contributed by atoms with E-state index in [0.717, 1.165) is 22.5 Å². The van der Waals surface area contributed by atoms with Crippen LogP contribution in [0.1, 0.15) is 11.9 Å². The summed E-state index contributed by atoms with van der Waals surface area (Å²) in [5, 5.41) is 9.24. The topological polar surface area (TPSA) is 74.9 Å². The Hall–Kier alpha value is -2.43. The van der Waals surface area contributed by atoms with E-state index in [4.69, 9.17) is 5.73 Å². The molecule has 0 radical (unpaired) electrons. The summed E-state index contributed by atoms with van der Waals surface area (Å²) in [5.74, 6) is 0.593. The van der Waals surface area contributed by atoms with Gasteiger partial charge in [0.2, 0.25) is 0 Å². The van der Waals surface area contributed by atoms with Crippen molar-refractivity contribution >= 4 is 0 Å². The number of aromatic nitrogens is 2. The van der Waals surface area contributed by atoms with E-state index in [-0.39, 0.29) is 6.61 Å². The molecule has 0 fully saturated rings. The Bertz CT molecular complexity index is 650. The average molecular weight is 279 g/mol. The number of benzene rings is 2. The van der Waals surface area contributed by atoms with Crippen molar-refractivity contribution in [1.82, 2.24) is 9.97 Å². The first-order valence-corrected chi connectivity index (χ1v) is 6.87. The molecule has 0 amide bonds. The van der Waals surface area contributed by atoms with E-state index < -0.39 is 6.04 Å². The van der Waals surface area contributed by atoms with Gasteiger partial charge in [-0.25, -0.2) is 4.98 Å². The lowest BCUT2D eigenvalue weighted by molar-refractivity contribution is 0.264. The highest BCUT2D eigenvalue weighted by Crippen LogP contribution is 2.30. The monoisotopic (exact) mass is 279 g/mol. The first kappa shape index (κ1) is 13.5. The molecule has 0 aliphatic heterocycles. The van der Waals surface area contributed by atoms with Crippen LogP contribution in [0.2, 0.25) is 0 Å². The quantitative estimate of drug-likeness (QED) is 0.687. The molecular weight excluding hydrogens is 262 g/mol. The van der Waals surface area contributed by atoms with Gasteiger partial charge in [-0.15, -0.1) is 0 Å². The first-order chi connectivity index (χ1) is 10.3. The number of nitrogens with one attached hydrogen (secondary N) is 1. The molecule has 21 heavy (non-hydrogen) atoms. The van der Waals surface area contributed by atoms with Crippen molar-refractivity contribution in [2.75, 3.05) is 6.61 Å². The van der Waals surface area contributed by atoms with Crippen molar-refractivity contribution in [3.05, 3.63) is 66.5 Å². The molecule has 0 spiro atoms. The van der Waals surface area contributed by atoms with Gasteiger partial charge in [0.1, 0.15) is 5.82 Å². The molecule has 4 N–H and O–H groups in total. The number of nitrogens with two attached hydrogens (primary N) is 1. The van der Waals surface area contributed by atoms with Gasteiger partial charge in [0, 0.05) is 11.1 Å². The molecular formula is C17H17N3O. The summed E-state index contributed by atoms with van der Waals surface area (Å²) in [6.07, 6.45) is 0. The summed E-state index contributed by atoms with van der Waals surface area (Å²) in [6, 6.07) is 19.4. The Morgan fingerprint density at radius 1 is 0.952 bits per heavy atom. The lowest BCUT2D eigenvalue weighted by Crippen LogP contribution is -2.16. The second-order valence-corrected chi connectivity index (χ2v) is 4.87. The van der Waals surface area contributed by atoms with Crippen LogP contribution in [0, 0.1) is 0 Å². The molecule has 106 valence electrons. The summed E-state index contributed by atoms with van der Waals surface area (Å²) in [6.45, 7) is -0.143. The van der Waals surface area contributed by atoms with E-state index in [0.29, 0.717) is 5.82 Å². The minimum absolute atomic E-state index is 0.143. The van der Waals surface area contributed by atoms with Gasteiger partial charge in [-0.3, -0.25) is 0 Å². The SMILES string of the molecule is NC(CO)c1nc(-c2ccccc2)c(-c2ccccc2)[nH]1. The molecule has 0 saturated carbocycles. The van der Waals surface area contributed by atoms with Gasteiger partial charge < -0.3 is 15.8 Å². The van der Waals surface area contributed by atoms with Crippen LogP contribution < -0.4 is 5.73 Å². The van der Waals surface area contributed by atoms with Crippen molar-refractivity contribution in [2.24, 2.45) is 5.73 Å². The van der Waals surface area contributed by atoms with E-state index in [1.807, 2.05) is 60.7 Å². The van der Waals surface area contributed by atoms with Crippen LogP contribution >= 0.6 is 0 Å². The zero-order valence-corrected chi connectivity index (χ0v) is 11.5.